The Morgan fingerprint density at radius 3 is 2.29 bits per heavy atom. The predicted molar refractivity (Wildman–Crippen MR) is 107 cm³/mol. The van der Waals surface area contributed by atoms with Crippen LogP contribution >= 0.6 is 0 Å². The van der Waals surface area contributed by atoms with Crippen LogP contribution < -0.4 is 0 Å². The normalized spacial score (nSPS) is 19.7. The molecule has 2 aliphatic heterocycles. The average molecular weight is 383 g/mol. The van der Waals surface area contributed by atoms with Gasteiger partial charge in [0.15, 0.2) is 5.78 Å². The fraction of sp³-hybridized carbons (Fsp3) is 0.609. The van der Waals surface area contributed by atoms with Gasteiger partial charge in [-0.1, -0.05) is 12.1 Å². The predicted octanol–water partition coefficient (Wildman–Crippen LogP) is 3.00. The van der Waals surface area contributed by atoms with E-state index in [0.29, 0.717) is 13.1 Å². The van der Waals surface area contributed by atoms with Crippen molar-refractivity contribution in [1.82, 2.24) is 9.80 Å². The van der Waals surface area contributed by atoms with Gasteiger partial charge in [-0.15, -0.1) is 0 Å². The number of fused-ring (bicyclic) bond motifs is 1. The van der Waals surface area contributed by atoms with Gasteiger partial charge in [0.25, 0.3) is 0 Å². The summed E-state index contributed by atoms with van der Waals surface area (Å²) in [6.45, 7) is 3.05. The molecule has 28 heavy (non-hydrogen) atoms. The van der Waals surface area contributed by atoms with Crippen LogP contribution in [-0.4, -0.2) is 53.6 Å². The lowest BCUT2D eigenvalue weighted by molar-refractivity contribution is -0.140. The van der Waals surface area contributed by atoms with E-state index in [2.05, 4.69) is 6.07 Å². The van der Waals surface area contributed by atoms with Crippen LogP contribution in [0.3, 0.4) is 0 Å². The van der Waals surface area contributed by atoms with Crippen molar-refractivity contribution in [3.8, 4) is 0 Å². The number of amides is 2. The van der Waals surface area contributed by atoms with E-state index in [-0.39, 0.29) is 36.4 Å². The van der Waals surface area contributed by atoms with Crippen molar-refractivity contribution in [3.63, 3.8) is 0 Å². The molecule has 0 aromatic heterocycles. The third kappa shape index (κ3) is 4.13. The Balaban J connectivity index is 1.23. The number of aryl methyl sites for hydroxylation is 2. The van der Waals surface area contributed by atoms with Crippen LogP contribution in [-0.2, 0) is 22.4 Å². The summed E-state index contributed by atoms with van der Waals surface area (Å²) in [5.41, 5.74) is 3.39. The number of hydrogen-bond donors (Lipinski definition) is 0. The van der Waals surface area contributed by atoms with Gasteiger partial charge in [0, 0.05) is 50.5 Å². The molecule has 150 valence electrons. The number of ketones is 1. The Morgan fingerprint density at radius 1 is 0.821 bits per heavy atom. The number of Topliss-reactive ketones (excluding diaryl/α,β-unsaturated/α-hetero) is 1. The van der Waals surface area contributed by atoms with Crippen LogP contribution in [0.15, 0.2) is 18.2 Å². The molecule has 3 aliphatic rings. The molecule has 1 aromatic carbocycles. The summed E-state index contributed by atoms with van der Waals surface area (Å²) >= 11 is 0. The van der Waals surface area contributed by atoms with Crippen LogP contribution in [0.5, 0.6) is 0 Å². The van der Waals surface area contributed by atoms with Crippen LogP contribution in [0, 0.1) is 5.92 Å². The highest BCUT2D eigenvalue weighted by molar-refractivity contribution is 5.98. The molecule has 4 rings (SSSR count). The van der Waals surface area contributed by atoms with E-state index in [4.69, 9.17) is 0 Å². The Kier molecular flexibility index (Phi) is 5.79. The van der Waals surface area contributed by atoms with Gasteiger partial charge in [0.1, 0.15) is 0 Å². The van der Waals surface area contributed by atoms with Crippen LogP contribution in [0.1, 0.15) is 66.4 Å². The number of benzene rings is 1. The number of likely N-dealkylation sites (tertiary alicyclic amines) is 2. The molecule has 2 amide bonds. The topological polar surface area (TPSA) is 57.7 Å². The zero-order chi connectivity index (χ0) is 19.5. The van der Waals surface area contributed by atoms with E-state index < -0.39 is 0 Å². The molecule has 2 saturated heterocycles. The smallest absolute Gasteiger partial charge is 0.225 e. The molecular weight excluding hydrogens is 352 g/mol. The van der Waals surface area contributed by atoms with Crippen molar-refractivity contribution in [2.24, 2.45) is 5.92 Å². The van der Waals surface area contributed by atoms with Crippen molar-refractivity contribution >= 4 is 17.6 Å². The molecule has 2 fully saturated rings. The van der Waals surface area contributed by atoms with Gasteiger partial charge < -0.3 is 9.80 Å². The average Bonchev–Trinajstić information content (AvgIpc) is 3.42. The molecule has 1 aliphatic carbocycles. The zero-order valence-electron chi connectivity index (χ0n) is 16.6. The highest BCUT2D eigenvalue weighted by Gasteiger charge is 2.31. The van der Waals surface area contributed by atoms with Gasteiger partial charge >= 0.3 is 0 Å². The second kappa shape index (κ2) is 8.46. The van der Waals surface area contributed by atoms with Crippen molar-refractivity contribution in [2.75, 3.05) is 26.2 Å². The molecule has 1 aromatic rings. The fourth-order valence-electron chi connectivity index (χ4n) is 4.84. The van der Waals surface area contributed by atoms with Crippen LogP contribution in [0.2, 0.25) is 0 Å². The molecule has 0 atom stereocenters. The van der Waals surface area contributed by atoms with Crippen LogP contribution in [0.25, 0.3) is 0 Å². The fourth-order valence-corrected chi connectivity index (χ4v) is 4.84. The standard InChI is InChI=1S/C23H30N2O3/c26-21(20-7-6-17-4-3-5-19(17)16-20)8-9-22(27)24-14-10-18(11-15-24)23(28)25-12-1-2-13-25/h6-7,16,18H,1-5,8-15H2. The van der Waals surface area contributed by atoms with E-state index in [9.17, 15) is 14.4 Å². The lowest BCUT2D eigenvalue weighted by Gasteiger charge is -2.33. The van der Waals surface area contributed by atoms with Gasteiger partial charge in [-0.2, -0.15) is 0 Å². The first kappa shape index (κ1) is 19.2. The lowest BCUT2D eigenvalue weighted by atomic mass is 9.95. The summed E-state index contributed by atoms with van der Waals surface area (Å²) in [5.74, 6) is 0.440. The minimum Gasteiger partial charge on any atom is -0.343 e. The summed E-state index contributed by atoms with van der Waals surface area (Å²) in [4.78, 5) is 41.4. The Morgan fingerprint density at radius 2 is 1.54 bits per heavy atom. The van der Waals surface area contributed by atoms with Gasteiger partial charge in [-0.3, -0.25) is 14.4 Å². The Hall–Kier alpha value is -2.17. The minimum atomic E-state index is 0.0431. The third-order valence-corrected chi connectivity index (χ3v) is 6.60. The van der Waals surface area contributed by atoms with E-state index in [1.54, 1.807) is 0 Å². The largest absolute Gasteiger partial charge is 0.343 e. The summed E-state index contributed by atoms with van der Waals surface area (Å²) < 4.78 is 0. The summed E-state index contributed by atoms with van der Waals surface area (Å²) in [6.07, 6.45) is 7.59. The maximum Gasteiger partial charge on any atom is 0.225 e. The highest BCUT2D eigenvalue weighted by Crippen LogP contribution is 2.25. The first-order valence-electron chi connectivity index (χ1n) is 10.8. The van der Waals surface area contributed by atoms with E-state index in [0.717, 1.165) is 57.2 Å². The Bertz CT molecular complexity index is 759. The lowest BCUT2D eigenvalue weighted by Crippen LogP contribution is -2.43. The van der Waals surface area contributed by atoms with Gasteiger partial charge in [0.2, 0.25) is 11.8 Å². The van der Waals surface area contributed by atoms with Gasteiger partial charge in [0.05, 0.1) is 0 Å². The van der Waals surface area contributed by atoms with Gasteiger partial charge in [-0.05, 0) is 62.1 Å². The Labute approximate surface area is 167 Å². The van der Waals surface area contributed by atoms with Crippen molar-refractivity contribution < 1.29 is 14.4 Å². The molecule has 0 saturated carbocycles. The molecule has 5 heteroatoms. The molecule has 0 unspecified atom stereocenters. The van der Waals surface area contributed by atoms with E-state index in [1.807, 2.05) is 21.9 Å². The maximum atomic E-state index is 12.5. The monoisotopic (exact) mass is 382 g/mol. The first-order chi connectivity index (χ1) is 13.6. The SMILES string of the molecule is O=C(CCC(=O)N1CCC(C(=O)N2CCCC2)CC1)c1ccc2c(c1)CCC2. The van der Waals surface area contributed by atoms with E-state index >= 15 is 0 Å². The first-order valence-corrected chi connectivity index (χ1v) is 10.8. The number of carbonyl (C=O) groups is 3. The molecule has 2 heterocycles. The molecule has 0 spiro atoms. The summed E-state index contributed by atoms with van der Waals surface area (Å²) in [7, 11) is 0. The second-order valence-corrected chi connectivity index (χ2v) is 8.45. The zero-order valence-corrected chi connectivity index (χ0v) is 16.6. The van der Waals surface area contributed by atoms with Crippen molar-refractivity contribution in [3.05, 3.63) is 34.9 Å². The number of nitrogens with zero attached hydrogens (tertiary/aromatic N) is 2. The molecule has 0 radical (unpaired) electrons. The number of hydrogen-bond acceptors (Lipinski definition) is 3. The number of carbonyl (C=O) groups excluding carboxylic acids is 3. The number of rotatable bonds is 5. The molecule has 5 nitrogen and oxygen atoms in total. The third-order valence-electron chi connectivity index (χ3n) is 6.60. The second-order valence-electron chi connectivity index (χ2n) is 8.45. The van der Waals surface area contributed by atoms with Crippen LogP contribution in [0.4, 0.5) is 0 Å². The van der Waals surface area contributed by atoms with E-state index in [1.165, 1.54) is 17.5 Å². The molecule has 0 N–H and O–H groups in total. The summed E-state index contributed by atoms with van der Waals surface area (Å²) in [6, 6.07) is 6.00. The molecular formula is C23H30N2O3. The minimum absolute atomic E-state index is 0.0431. The quantitative estimate of drug-likeness (QED) is 0.736. The van der Waals surface area contributed by atoms with Crippen molar-refractivity contribution in [1.29, 1.82) is 0 Å². The highest BCUT2D eigenvalue weighted by atomic mass is 16.2. The van der Waals surface area contributed by atoms with Crippen molar-refractivity contribution in [2.45, 2.75) is 57.8 Å². The summed E-state index contributed by atoms with van der Waals surface area (Å²) in [5, 5.41) is 0. The van der Waals surface area contributed by atoms with Gasteiger partial charge in [-0.25, -0.2) is 0 Å². The maximum absolute atomic E-state index is 12.5. The molecule has 0 bridgehead atoms. The number of piperidine rings is 1.